The van der Waals surface area contributed by atoms with Crippen LogP contribution in [0.15, 0.2) is 140 Å². The smallest absolute Gasteiger partial charge is 0.414 e. The summed E-state index contributed by atoms with van der Waals surface area (Å²) < 4.78 is 96.8. The molecule has 7 aromatic rings. The standard InChI is InChI=1S/C21H36O4.2C17H28O3.C14H20N2O5.C14H22O.2C13H20O2/c1-14(2)22-11-18-9-19(12-23-15(3)4)21(25-17(7)8)20(10-18)13-24-16(5)6;1-12(2)18-10-15-7-8-17(20-14(5)6)16(9-15)11-19-13(3)4;1-12(2)18-10-15-8-7-9-16(11-19-13(3)4)17(15)20-14(5)6;1-9(2)20-13-7-6-11(16(18)19)8-12(13)15(5)14(17)21-10(3)4;1-11(2)9-13-5-7-14(8-6-13)10-15-12(3)4;1-10(2)14-9-12-5-7-13(8-6-12)15-11(3)4;1-10(2)14-9-12-7-5-6-8-13(12)15-11(3)4/h9-10,14-17H,11-13H2,1-8H3;2*7-9,12-14H,10-11H2,1-6H3;6-10H,1-5H3;5-8,11-12H,9-10H2,1-4H3;2*5-8,10-11H,9H2,1-4H3. The predicted octanol–water partition coefficient (Wildman–Crippen LogP) is 27.9. The average Bonchev–Trinajstić information content (AvgIpc) is 0.820. The largest absolute Gasteiger partial charge is 0.491 e. The van der Waals surface area contributed by atoms with Gasteiger partial charge in [0, 0.05) is 52.6 Å². The van der Waals surface area contributed by atoms with Gasteiger partial charge in [0.2, 0.25) is 0 Å². The van der Waals surface area contributed by atoms with Gasteiger partial charge in [0.05, 0.1) is 180 Å². The third-order valence-corrected chi connectivity index (χ3v) is 17.2. The number of anilines is 1. The topological polar surface area (TPSA) is 220 Å². The monoisotopic (exact) mass is 1830 g/mol. The van der Waals surface area contributed by atoms with Crippen LogP contribution in [0.1, 0.15) is 310 Å². The Hall–Kier alpha value is -8.39. The minimum atomic E-state index is -0.598. The molecule has 0 heterocycles. The van der Waals surface area contributed by atoms with Gasteiger partial charge in [-0.2, -0.15) is 0 Å². The number of carbonyl (C=O) groups is 1. The molecule has 7 aromatic carbocycles. The summed E-state index contributed by atoms with van der Waals surface area (Å²) in [7, 11) is 1.48. The highest BCUT2D eigenvalue weighted by Gasteiger charge is 2.24. The first-order valence-electron chi connectivity index (χ1n) is 47.4. The van der Waals surface area contributed by atoms with Crippen molar-refractivity contribution in [2.75, 3.05) is 11.9 Å². The normalized spacial score (nSPS) is 11.4. The summed E-state index contributed by atoms with van der Waals surface area (Å²) >= 11 is 0. The molecule has 0 atom stereocenters. The van der Waals surface area contributed by atoms with Gasteiger partial charge in [0.15, 0.2) is 0 Å². The van der Waals surface area contributed by atoms with Crippen molar-refractivity contribution >= 4 is 17.5 Å². The molecule has 0 spiro atoms. The van der Waals surface area contributed by atoms with Gasteiger partial charge in [-0.3, -0.25) is 15.0 Å². The second-order valence-electron chi connectivity index (χ2n) is 37.3. The lowest BCUT2D eigenvalue weighted by Gasteiger charge is -2.22. The quantitative estimate of drug-likeness (QED) is 0.0256. The molecule has 7 rings (SSSR count). The third kappa shape index (κ3) is 58.4. The fourth-order valence-electron chi connectivity index (χ4n) is 11.3. The Morgan fingerprint density at radius 1 is 0.275 bits per heavy atom. The van der Waals surface area contributed by atoms with Crippen LogP contribution in [0.25, 0.3) is 0 Å². The molecule has 0 aliphatic rings. The van der Waals surface area contributed by atoms with Crippen LogP contribution in [0.3, 0.4) is 0 Å². The van der Waals surface area contributed by atoms with Gasteiger partial charge in [-0.15, -0.1) is 0 Å². The average molecular weight is 1830 g/mol. The second kappa shape index (κ2) is 66.9. The van der Waals surface area contributed by atoms with Crippen LogP contribution in [-0.4, -0.2) is 122 Å². The molecule has 0 unspecified atom stereocenters. The maximum Gasteiger partial charge on any atom is 0.414 e. The molecule has 0 bridgehead atoms. The van der Waals surface area contributed by atoms with Crippen molar-refractivity contribution in [3.05, 3.63) is 211 Å². The SMILES string of the molecule is CC(C)Cc1ccc(COC(C)C)cc1.CC(C)OC(=O)N(C)c1cc([N+](=O)[O-])ccc1OC(C)C.CC(C)OCc1cc(COC(C)C)c(OC(C)C)c(COC(C)C)c1.CC(C)OCc1ccc(OC(C)C)c(COC(C)C)c1.CC(C)OCc1ccc(OC(C)C)cc1.CC(C)OCc1cccc(COC(C)C)c1OC(C)C.CC(C)OCc1ccccc1OC(C)C. The fourth-order valence-corrected chi connectivity index (χ4v) is 11.3. The van der Waals surface area contributed by atoms with Gasteiger partial charge in [-0.1, -0.05) is 92.7 Å². The number of para-hydroxylation sites is 2. The lowest BCUT2D eigenvalue weighted by Crippen LogP contribution is -2.30. The zero-order valence-electron chi connectivity index (χ0n) is 87.5. The summed E-state index contributed by atoms with van der Waals surface area (Å²) in [6.45, 7) is 78.6. The van der Waals surface area contributed by atoms with E-state index in [0.29, 0.717) is 77.0 Å². The van der Waals surface area contributed by atoms with E-state index in [2.05, 4.69) is 88.4 Å². The summed E-state index contributed by atoms with van der Waals surface area (Å²) in [4.78, 5) is 23.5. The Balaban J connectivity index is 0.000000770. The van der Waals surface area contributed by atoms with Crippen LogP contribution in [0, 0.1) is 16.0 Å². The van der Waals surface area contributed by atoms with Crippen LogP contribution < -0.4 is 33.3 Å². The van der Waals surface area contributed by atoms with Crippen molar-refractivity contribution in [3.63, 3.8) is 0 Å². The van der Waals surface area contributed by atoms with Gasteiger partial charge in [0.1, 0.15) is 34.5 Å². The van der Waals surface area contributed by atoms with Crippen LogP contribution in [0.5, 0.6) is 34.5 Å². The molecule has 0 aliphatic heterocycles. The van der Waals surface area contributed by atoms with Gasteiger partial charge in [-0.05, 0) is 324 Å². The minimum absolute atomic E-state index is 0.0911. The lowest BCUT2D eigenvalue weighted by molar-refractivity contribution is -0.384. The number of nitro benzene ring substituents is 1. The van der Waals surface area contributed by atoms with Crippen molar-refractivity contribution in [3.8, 4) is 34.5 Å². The fraction of sp³-hybridized carbons (Fsp3) is 0.606. The van der Waals surface area contributed by atoms with Gasteiger partial charge < -0.3 is 80.5 Å². The number of benzene rings is 7. The van der Waals surface area contributed by atoms with Crippen LogP contribution in [0.2, 0.25) is 0 Å². The first-order chi connectivity index (χ1) is 61.4. The van der Waals surface area contributed by atoms with Crippen LogP contribution >= 0.6 is 0 Å². The van der Waals surface area contributed by atoms with Crippen LogP contribution in [-0.2, 0) is 125 Å². The molecule has 740 valence electrons. The van der Waals surface area contributed by atoms with E-state index < -0.39 is 11.0 Å². The number of amides is 1. The van der Waals surface area contributed by atoms with E-state index in [0.717, 1.165) is 92.2 Å². The first-order valence-corrected chi connectivity index (χ1v) is 47.4. The van der Waals surface area contributed by atoms with Gasteiger partial charge in [-0.25, -0.2) is 4.79 Å². The Labute approximate surface area is 792 Å². The number of hydrogen-bond acceptors (Lipinski definition) is 20. The highest BCUT2D eigenvalue weighted by atomic mass is 16.6. The van der Waals surface area contributed by atoms with E-state index >= 15 is 0 Å². The number of nitro groups is 1. The summed E-state index contributed by atoms with van der Waals surface area (Å²) in [6.07, 6.45) is 3.16. The summed E-state index contributed by atoms with van der Waals surface area (Å²) in [5.41, 5.74) is 12.8. The third-order valence-electron chi connectivity index (χ3n) is 17.2. The molecular formula is C109H174N2O20. The van der Waals surface area contributed by atoms with E-state index in [1.165, 1.54) is 46.8 Å². The second-order valence-corrected chi connectivity index (χ2v) is 37.3. The molecule has 22 nitrogen and oxygen atoms in total. The Morgan fingerprint density at radius 3 is 0.954 bits per heavy atom. The predicted molar refractivity (Wildman–Crippen MR) is 534 cm³/mol. The van der Waals surface area contributed by atoms with Crippen LogP contribution in [0.4, 0.5) is 16.2 Å². The molecule has 0 N–H and O–H groups in total. The summed E-state index contributed by atoms with van der Waals surface area (Å²) in [5, 5.41) is 10.9. The van der Waals surface area contributed by atoms with Gasteiger partial charge >= 0.3 is 6.09 Å². The Morgan fingerprint density at radius 2 is 0.573 bits per heavy atom. The number of rotatable bonds is 47. The van der Waals surface area contributed by atoms with Crippen molar-refractivity contribution in [1.29, 1.82) is 0 Å². The van der Waals surface area contributed by atoms with E-state index in [-0.39, 0.29) is 103 Å². The zero-order chi connectivity index (χ0) is 99.2. The van der Waals surface area contributed by atoms with Crippen molar-refractivity contribution in [2.45, 2.75) is 426 Å². The summed E-state index contributed by atoms with van der Waals surface area (Å²) in [6, 6.07) is 45.5. The van der Waals surface area contributed by atoms with Gasteiger partial charge in [0.25, 0.3) is 5.69 Å². The maximum absolute atomic E-state index is 12.0. The highest BCUT2D eigenvalue weighted by Crippen LogP contribution is 2.35. The number of ether oxygens (including phenoxy) is 17. The Bertz CT molecular complexity index is 4010. The molecule has 0 radical (unpaired) electrons. The van der Waals surface area contributed by atoms with Crippen molar-refractivity contribution in [1.82, 2.24) is 0 Å². The first kappa shape index (κ1) is 121. The molecule has 0 fully saturated rings. The molecular weight excluding hydrogens is 1660 g/mol. The maximum atomic E-state index is 12.0. The molecule has 22 heteroatoms. The van der Waals surface area contributed by atoms with Crippen molar-refractivity contribution in [2.24, 2.45) is 5.92 Å². The number of carbonyl (C=O) groups excluding carboxylic acids is 1. The van der Waals surface area contributed by atoms with Crippen molar-refractivity contribution < 1.29 is 90.2 Å². The van der Waals surface area contributed by atoms with E-state index in [1.807, 2.05) is 268 Å². The molecule has 0 aromatic heterocycles. The minimum Gasteiger partial charge on any atom is -0.491 e. The number of nitrogens with zero attached hydrogens (tertiary/aromatic N) is 2. The zero-order valence-corrected chi connectivity index (χ0v) is 87.5. The Kier molecular flexibility index (Phi) is 61.6. The molecule has 131 heavy (non-hydrogen) atoms. The number of non-ortho nitro benzene ring substituents is 1. The lowest BCUT2D eigenvalue weighted by atomic mass is 10.0. The molecule has 0 saturated heterocycles. The highest BCUT2D eigenvalue weighted by molar-refractivity contribution is 5.89. The molecule has 0 saturated carbocycles. The molecule has 0 aliphatic carbocycles. The molecule has 1 amide bonds. The number of hydrogen-bond donors (Lipinski definition) is 0. The van der Waals surface area contributed by atoms with E-state index in [1.54, 1.807) is 13.8 Å². The van der Waals surface area contributed by atoms with E-state index in [9.17, 15) is 14.9 Å². The summed E-state index contributed by atoms with van der Waals surface area (Å²) in [5.74, 6) is 5.63. The van der Waals surface area contributed by atoms with E-state index in [4.69, 9.17) is 80.5 Å².